The molecule has 5 rings (SSSR count). The number of nitrogens with zero attached hydrogens (tertiary/aromatic N) is 6. The molecule has 1 aliphatic heterocycles. The van der Waals surface area contributed by atoms with Gasteiger partial charge in [0.2, 0.25) is 5.95 Å². The highest BCUT2D eigenvalue weighted by Gasteiger charge is 2.39. The predicted octanol–water partition coefficient (Wildman–Crippen LogP) is 3.93. The third kappa shape index (κ3) is 4.92. The van der Waals surface area contributed by atoms with E-state index < -0.39 is 0 Å². The second-order valence-electron chi connectivity index (χ2n) is 9.75. The normalized spacial score (nSPS) is 19.1. The van der Waals surface area contributed by atoms with E-state index in [0.717, 1.165) is 39.0 Å². The third-order valence-electron chi connectivity index (χ3n) is 7.59. The van der Waals surface area contributed by atoms with Gasteiger partial charge in [-0.25, -0.2) is 15.0 Å². The molecule has 0 aromatic carbocycles. The van der Waals surface area contributed by atoms with E-state index in [1.54, 1.807) is 41.5 Å². The molecule has 1 saturated carbocycles. The first kappa shape index (κ1) is 24.2. The molecule has 0 atom stereocenters. The van der Waals surface area contributed by atoms with Crippen LogP contribution in [0.1, 0.15) is 55.8 Å². The minimum atomic E-state index is -0.130. The van der Waals surface area contributed by atoms with Crippen molar-refractivity contribution >= 4 is 28.5 Å². The van der Waals surface area contributed by atoms with Crippen molar-refractivity contribution in [1.82, 2.24) is 34.6 Å². The molecule has 9 heteroatoms. The lowest BCUT2D eigenvalue weighted by Crippen LogP contribution is -2.61. The van der Waals surface area contributed by atoms with Gasteiger partial charge in [-0.05, 0) is 37.9 Å². The number of hydrogen-bond donors (Lipinski definition) is 1. The lowest BCUT2D eigenvalue weighted by molar-refractivity contribution is 0.00808. The molecule has 1 saturated heterocycles. The second-order valence-corrected chi connectivity index (χ2v) is 10.2. The maximum Gasteiger partial charge on any atom is 0.253 e. The fourth-order valence-electron chi connectivity index (χ4n) is 5.77. The van der Waals surface area contributed by atoms with Gasteiger partial charge in [0, 0.05) is 63.1 Å². The van der Waals surface area contributed by atoms with Crippen molar-refractivity contribution in [3.05, 3.63) is 47.5 Å². The molecule has 0 bridgehead atoms. The van der Waals surface area contributed by atoms with Gasteiger partial charge in [-0.3, -0.25) is 14.3 Å². The molecule has 0 spiro atoms. The van der Waals surface area contributed by atoms with Crippen LogP contribution in [0.2, 0.25) is 5.02 Å². The molecule has 4 heterocycles. The summed E-state index contributed by atoms with van der Waals surface area (Å²) in [5, 5.41) is 4.42. The maximum atomic E-state index is 13.6. The largest absolute Gasteiger partial charge is 0.350 e. The maximum absolute atomic E-state index is 13.6. The Morgan fingerprint density at radius 3 is 2.51 bits per heavy atom. The molecule has 1 N–H and O–H groups in total. The van der Waals surface area contributed by atoms with Crippen molar-refractivity contribution in [2.75, 3.05) is 39.3 Å². The van der Waals surface area contributed by atoms with E-state index in [1.807, 2.05) is 0 Å². The van der Waals surface area contributed by atoms with Crippen LogP contribution in [0.5, 0.6) is 0 Å². The number of amides is 1. The first-order chi connectivity index (χ1) is 17.1. The zero-order chi connectivity index (χ0) is 24.3. The number of pyridine rings is 1. The number of aromatic nitrogens is 4. The molecule has 2 fully saturated rings. The molecule has 186 valence electrons. The number of rotatable bonds is 7. The predicted molar refractivity (Wildman–Crippen MR) is 138 cm³/mol. The van der Waals surface area contributed by atoms with Crippen LogP contribution in [0.15, 0.2) is 36.9 Å². The zero-order valence-corrected chi connectivity index (χ0v) is 21.2. The van der Waals surface area contributed by atoms with Gasteiger partial charge < -0.3 is 10.2 Å². The van der Waals surface area contributed by atoms with Crippen LogP contribution in [0.25, 0.3) is 17.0 Å². The number of carbonyl (C=O) groups is 1. The summed E-state index contributed by atoms with van der Waals surface area (Å²) in [6.07, 6.45) is 13.9. The highest BCUT2D eigenvalue weighted by Crippen LogP contribution is 2.35. The molecule has 3 aromatic heterocycles. The zero-order valence-electron chi connectivity index (χ0n) is 20.4. The molecule has 2 aliphatic rings. The van der Waals surface area contributed by atoms with Gasteiger partial charge in [0.15, 0.2) is 0 Å². The Labute approximate surface area is 211 Å². The molecule has 3 aromatic rings. The molecule has 35 heavy (non-hydrogen) atoms. The van der Waals surface area contributed by atoms with Gasteiger partial charge in [0.05, 0.1) is 16.0 Å². The first-order valence-corrected chi connectivity index (χ1v) is 13.2. The van der Waals surface area contributed by atoms with E-state index in [0.29, 0.717) is 34.1 Å². The minimum Gasteiger partial charge on any atom is -0.350 e. The van der Waals surface area contributed by atoms with Gasteiger partial charge >= 0.3 is 0 Å². The molecule has 0 unspecified atom stereocenters. The molecule has 1 aliphatic carbocycles. The van der Waals surface area contributed by atoms with Crippen molar-refractivity contribution in [1.29, 1.82) is 0 Å². The van der Waals surface area contributed by atoms with Crippen molar-refractivity contribution < 1.29 is 4.79 Å². The summed E-state index contributed by atoms with van der Waals surface area (Å²) in [5.41, 5.74) is 1.10. The van der Waals surface area contributed by atoms with Crippen molar-refractivity contribution in [3.63, 3.8) is 0 Å². The van der Waals surface area contributed by atoms with Crippen molar-refractivity contribution in [2.45, 2.75) is 51.0 Å². The van der Waals surface area contributed by atoms with Crippen molar-refractivity contribution in [2.24, 2.45) is 0 Å². The summed E-state index contributed by atoms with van der Waals surface area (Å²) in [6, 6.07) is 3.48. The van der Waals surface area contributed by atoms with Gasteiger partial charge in [0.25, 0.3) is 5.91 Å². The minimum absolute atomic E-state index is 0.0230. The fraction of sp³-hybridized carbons (Fsp3) is 0.538. The van der Waals surface area contributed by atoms with E-state index in [4.69, 9.17) is 11.6 Å². The van der Waals surface area contributed by atoms with Crippen LogP contribution >= 0.6 is 11.6 Å². The van der Waals surface area contributed by atoms with Gasteiger partial charge in [0.1, 0.15) is 5.65 Å². The quantitative estimate of drug-likeness (QED) is 0.535. The van der Waals surface area contributed by atoms with Crippen molar-refractivity contribution in [3.8, 4) is 5.95 Å². The van der Waals surface area contributed by atoms with Crippen LogP contribution in [0, 0.1) is 0 Å². The lowest BCUT2D eigenvalue weighted by atomic mass is 9.79. The van der Waals surface area contributed by atoms with Crippen LogP contribution in [-0.2, 0) is 0 Å². The van der Waals surface area contributed by atoms with Gasteiger partial charge in [-0.1, -0.05) is 37.8 Å². The average Bonchev–Trinajstić information content (AvgIpc) is 3.30. The number of halogens is 1. The van der Waals surface area contributed by atoms with Crippen LogP contribution in [-0.4, -0.2) is 80.0 Å². The summed E-state index contributed by atoms with van der Waals surface area (Å²) in [4.78, 5) is 31.9. The number of piperazine rings is 1. The van der Waals surface area contributed by atoms with E-state index in [1.165, 1.54) is 32.2 Å². The summed E-state index contributed by atoms with van der Waals surface area (Å²) in [6.45, 7) is 8.40. The number of carbonyl (C=O) groups excluding carboxylic acids is 1. The van der Waals surface area contributed by atoms with Gasteiger partial charge in [-0.2, -0.15) is 0 Å². The Kier molecular flexibility index (Phi) is 7.32. The molecular formula is C26H34ClN7O. The summed E-state index contributed by atoms with van der Waals surface area (Å²) in [5.74, 6) is 0.328. The Morgan fingerprint density at radius 1 is 1.06 bits per heavy atom. The van der Waals surface area contributed by atoms with E-state index in [9.17, 15) is 4.79 Å². The Bertz CT molecular complexity index is 1150. The second kappa shape index (κ2) is 10.6. The summed E-state index contributed by atoms with van der Waals surface area (Å²) < 4.78 is 1.74. The molecular weight excluding hydrogens is 462 g/mol. The standard InChI is InChI=1S/C26H34ClN7O/c1-2-13-32-14-16-33(17-15-32)26(8-4-3-5-9-26)19-31-24(35)20-18-34(25-29-10-6-11-30-25)23-22(20)21(27)7-12-28-23/h6-7,10-12,18H,2-5,8-9,13-17,19H2,1H3,(H,31,35). The number of nitrogens with one attached hydrogen (secondary N) is 1. The van der Waals surface area contributed by atoms with E-state index in [2.05, 4.69) is 37.0 Å². The smallest absolute Gasteiger partial charge is 0.253 e. The highest BCUT2D eigenvalue weighted by atomic mass is 35.5. The Morgan fingerprint density at radius 2 is 1.80 bits per heavy atom. The lowest BCUT2D eigenvalue weighted by Gasteiger charge is -2.50. The Hall–Kier alpha value is -2.55. The summed E-state index contributed by atoms with van der Waals surface area (Å²) in [7, 11) is 0. The van der Waals surface area contributed by atoms with Crippen LogP contribution in [0.4, 0.5) is 0 Å². The third-order valence-corrected chi connectivity index (χ3v) is 7.91. The molecule has 8 nitrogen and oxygen atoms in total. The average molecular weight is 496 g/mol. The number of fused-ring (bicyclic) bond motifs is 1. The van der Waals surface area contributed by atoms with Gasteiger partial charge in [-0.15, -0.1) is 0 Å². The van der Waals surface area contributed by atoms with Crippen LogP contribution < -0.4 is 5.32 Å². The Balaban J connectivity index is 1.38. The topological polar surface area (TPSA) is 79.2 Å². The van der Waals surface area contributed by atoms with E-state index >= 15 is 0 Å². The monoisotopic (exact) mass is 495 g/mol. The summed E-state index contributed by atoms with van der Waals surface area (Å²) >= 11 is 6.56. The van der Waals surface area contributed by atoms with E-state index in [-0.39, 0.29) is 11.4 Å². The highest BCUT2D eigenvalue weighted by molar-refractivity contribution is 6.36. The number of hydrogen-bond acceptors (Lipinski definition) is 6. The fourth-order valence-corrected chi connectivity index (χ4v) is 6.01. The SMILES string of the molecule is CCCN1CCN(C2(CNC(=O)c3cn(-c4ncccn4)c4nccc(Cl)c34)CCCCC2)CC1. The molecule has 1 amide bonds. The molecule has 0 radical (unpaired) electrons. The van der Waals surface area contributed by atoms with Crippen LogP contribution in [0.3, 0.4) is 0 Å². The first-order valence-electron chi connectivity index (χ1n) is 12.8.